The zero-order chi connectivity index (χ0) is 17.5. The first-order valence-electron chi connectivity index (χ1n) is 8.58. The number of rotatable bonds is 0. The Bertz CT molecular complexity index is 875. The summed E-state index contributed by atoms with van der Waals surface area (Å²) in [6.45, 7) is 26.4. The molecule has 0 atom stereocenters. The van der Waals surface area contributed by atoms with E-state index in [1.165, 1.54) is 77.6 Å². The molecule has 120 valence electrons. The number of benzene rings is 2. The zero-order valence-corrected chi connectivity index (χ0v) is 15.2. The summed E-state index contributed by atoms with van der Waals surface area (Å²) < 4.78 is 0. The van der Waals surface area contributed by atoms with Crippen LogP contribution in [0.25, 0.3) is 33.1 Å². The van der Waals surface area contributed by atoms with E-state index < -0.39 is 0 Å². The Labute approximate surface area is 144 Å². The van der Waals surface area contributed by atoms with Crippen LogP contribution >= 0.6 is 0 Å². The highest BCUT2D eigenvalue weighted by Gasteiger charge is 2.31. The molecule has 0 amide bonds. The molecule has 0 heteroatoms. The molecular weight excluding hydrogens is 288 g/mol. The third-order valence-electron chi connectivity index (χ3n) is 6.14. The van der Waals surface area contributed by atoms with Crippen LogP contribution in [-0.2, 0) is 0 Å². The van der Waals surface area contributed by atoms with Gasteiger partial charge in [0.05, 0.1) is 0 Å². The fourth-order valence-electron chi connectivity index (χ4n) is 4.89. The molecule has 2 aromatic carbocycles. The first-order chi connectivity index (χ1) is 11.3. The molecule has 0 nitrogen and oxygen atoms in total. The molecule has 0 aromatic heterocycles. The van der Waals surface area contributed by atoms with E-state index in [9.17, 15) is 0 Å². The van der Waals surface area contributed by atoms with Crippen LogP contribution in [0.1, 0.15) is 57.3 Å². The fraction of sp³-hybridized carbons (Fsp3) is 0.250. The molecule has 0 bridgehead atoms. The van der Waals surface area contributed by atoms with Crippen LogP contribution in [0.2, 0.25) is 0 Å². The Hall–Kier alpha value is -2.34. The van der Waals surface area contributed by atoms with E-state index in [1.54, 1.807) is 0 Å². The van der Waals surface area contributed by atoms with Gasteiger partial charge in [-0.2, -0.15) is 0 Å². The maximum Gasteiger partial charge on any atom is -0.00155 e. The molecule has 2 aliphatic carbocycles. The van der Waals surface area contributed by atoms with Crippen LogP contribution in [0, 0.1) is 27.7 Å². The summed E-state index contributed by atoms with van der Waals surface area (Å²) in [6, 6.07) is 0. The Kier molecular flexibility index (Phi) is 2.91. The highest BCUT2D eigenvalue weighted by atomic mass is 14.3. The maximum absolute atomic E-state index is 4.38. The number of hydrogen-bond acceptors (Lipinski definition) is 0. The minimum absolute atomic E-state index is 0.864. The normalized spacial score (nSPS) is 16.3. The topological polar surface area (TPSA) is 0 Å². The van der Waals surface area contributed by atoms with Crippen molar-refractivity contribution in [3.8, 4) is 0 Å². The van der Waals surface area contributed by atoms with Crippen molar-refractivity contribution in [2.45, 2.75) is 40.5 Å². The van der Waals surface area contributed by atoms with Gasteiger partial charge >= 0.3 is 0 Å². The summed E-state index contributed by atoms with van der Waals surface area (Å²) in [5.41, 5.74) is 15.5. The molecule has 0 unspecified atom stereocenters. The van der Waals surface area contributed by atoms with Gasteiger partial charge in [0, 0.05) is 0 Å². The van der Waals surface area contributed by atoms with Gasteiger partial charge in [0.1, 0.15) is 0 Å². The lowest BCUT2D eigenvalue weighted by molar-refractivity contribution is 1.21. The molecular formula is C24H24. The molecule has 0 heterocycles. The highest BCUT2D eigenvalue weighted by molar-refractivity contribution is 6.17. The Morgan fingerprint density at radius 3 is 0.875 bits per heavy atom. The average molecular weight is 312 g/mol. The van der Waals surface area contributed by atoms with Crippen LogP contribution in [0.4, 0.5) is 0 Å². The lowest BCUT2D eigenvalue weighted by Crippen LogP contribution is -2.13. The third-order valence-corrected chi connectivity index (χ3v) is 6.14. The third kappa shape index (κ3) is 1.59. The molecule has 4 rings (SSSR count). The quantitative estimate of drug-likeness (QED) is 0.494. The molecule has 0 saturated heterocycles. The second-order valence-electron chi connectivity index (χ2n) is 7.52. The molecule has 0 N–H and O–H groups in total. The molecule has 0 saturated carbocycles. The second-order valence-corrected chi connectivity index (χ2v) is 7.52. The second kappa shape index (κ2) is 4.60. The van der Waals surface area contributed by atoms with Crippen molar-refractivity contribution in [3.63, 3.8) is 0 Å². The van der Waals surface area contributed by atoms with Gasteiger partial charge in [0.2, 0.25) is 0 Å². The van der Waals surface area contributed by atoms with E-state index in [0.717, 1.165) is 12.8 Å². The van der Waals surface area contributed by atoms with Crippen molar-refractivity contribution in [1.82, 2.24) is 0 Å². The van der Waals surface area contributed by atoms with Gasteiger partial charge in [-0.25, -0.2) is 0 Å². The van der Waals surface area contributed by atoms with Gasteiger partial charge in [0.25, 0.3) is 0 Å². The van der Waals surface area contributed by atoms with E-state index in [4.69, 9.17) is 0 Å². The first-order valence-corrected chi connectivity index (χ1v) is 8.58. The van der Waals surface area contributed by atoms with Crippen molar-refractivity contribution >= 4 is 33.1 Å². The average Bonchev–Trinajstić information content (AvgIpc) is 2.49. The summed E-state index contributed by atoms with van der Waals surface area (Å²) in [5.74, 6) is 0. The van der Waals surface area contributed by atoms with Crippen molar-refractivity contribution in [3.05, 3.63) is 70.8 Å². The van der Waals surface area contributed by atoms with E-state index in [-0.39, 0.29) is 0 Å². The highest BCUT2D eigenvalue weighted by Crippen LogP contribution is 2.53. The summed E-state index contributed by atoms with van der Waals surface area (Å²) in [6.07, 6.45) is 1.73. The predicted octanol–water partition coefficient (Wildman–Crippen LogP) is 6.93. The standard InChI is InChI=1S/C24H24/c1-11-9-12(2)20-17(7)18(8)22-14(4)10-13(3)21-16(6)15(5)19(11)23(20)24(21)22/h1-4,9-10H2,5-8H3. The van der Waals surface area contributed by atoms with Crippen molar-refractivity contribution in [2.24, 2.45) is 0 Å². The van der Waals surface area contributed by atoms with Gasteiger partial charge in [-0.05, 0) is 118 Å². The Morgan fingerprint density at radius 1 is 0.458 bits per heavy atom. The van der Waals surface area contributed by atoms with E-state index in [1.807, 2.05) is 0 Å². The zero-order valence-electron chi connectivity index (χ0n) is 15.2. The summed E-state index contributed by atoms with van der Waals surface area (Å²) in [7, 11) is 0. The summed E-state index contributed by atoms with van der Waals surface area (Å²) in [5, 5.41) is 2.68. The molecule has 0 radical (unpaired) electrons. The minimum Gasteiger partial charge on any atom is -0.0949 e. The molecule has 0 fully saturated rings. The van der Waals surface area contributed by atoms with E-state index in [0.29, 0.717) is 0 Å². The van der Waals surface area contributed by atoms with Gasteiger partial charge < -0.3 is 0 Å². The van der Waals surface area contributed by atoms with Crippen LogP contribution in [-0.4, -0.2) is 0 Å². The van der Waals surface area contributed by atoms with Crippen LogP contribution in [0.3, 0.4) is 0 Å². The van der Waals surface area contributed by atoms with Gasteiger partial charge in [-0.15, -0.1) is 0 Å². The van der Waals surface area contributed by atoms with Gasteiger partial charge in [-0.1, -0.05) is 26.3 Å². The van der Waals surface area contributed by atoms with Gasteiger partial charge in [0.15, 0.2) is 0 Å². The van der Waals surface area contributed by atoms with Crippen LogP contribution in [0.15, 0.2) is 26.3 Å². The van der Waals surface area contributed by atoms with Crippen molar-refractivity contribution in [1.29, 1.82) is 0 Å². The monoisotopic (exact) mass is 312 g/mol. The van der Waals surface area contributed by atoms with Crippen molar-refractivity contribution in [2.75, 3.05) is 0 Å². The largest absolute Gasteiger partial charge is 0.0949 e. The predicted molar refractivity (Wildman–Crippen MR) is 108 cm³/mol. The SMILES string of the molecule is C=C1CC(=C)c2c(C)c(C)c3c4c(c(C)c(C)c1c24)C(=C)CC3=C. The number of allylic oxidation sites excluding steroid dienone is 4. The van der Waals surface area contributed by atoms with Crippen LogP contribution in [0.5, 0.6) is 0 Å². The van der Waals surface area contributed by atoms with E-state index >= 15 is 0 Å². The lowest BCUT2D eigenvalue weighted by atomic mass is 9.69. The van der Waals surface area contributed by atoms with Gasteiger partial charge in [-0.3, -0.25) is 0 Å². The molecule has 0 spiro atoms. The molecule has 2 aromatic rings. The Morgan fingerprint density at radius 2 is 0.667 bits per heavy atom. The lowest BCUT2D eigenvalue weighted by Gasteiger charge is -2.34. The van der Waals surface area contributed by atoms with Crippen LogP contribution < -0.4 is 0 Å². The van der Waals surface area contributed by atoms with E-state index in [2.05, 4.69) is 54.0 Å². The maximum atomic E-state index is 4.38. The molecule has 0 aliphatic heterocycles. The Balaban J connectivity index is 2.45. The molecule has 2 aliphatic rings. The summed E-state index contributed by atoms with van der Waals surface area (Å²) in [4.78, 5) is 0. The minimum atomic E-state index is 0.864. The smallest absolute Gasteiger partial charge is 0.00155 e. The molecule has 24 heavy (non-hydrogen) atoms. The first kappa shape index (κ1) is 15.2. The number of hydrogen-bond donors (Lipinski definition) is 0. The summed E-state index contributed by atoms with van der Waals surface area (Å²) >= 11 is 0. The van der Waals surface area contributed by atoms with Crippen molar-refractivity contribution < 1.29 is 0 Å². The fourth-order valence-corrected chi connectivity index (χ4v) is 4.89.